The van der Waals surface area contributed by atoms with Gasteiger partial charge >= 0.3 is 0 Å². The van der Waals surface area contributed by atoms with Gasteiger partial charge in [0.25, 0.3) is 5.91 Å². The van der Waals surface area contributed by atoms with Crippen molar-refractivity contribution in [2.75, 3.05) is 7.11 Å². The number of nitrogens with two attached hydrogens (primary N) is 1. The first-order chi connectivity index (χ1) is 9.65. The molecule has 20 heavy (non-hydrogen) atoms. The smallest absolute Gasteiger partial charge is 0.258 e. The van der Waals surface area contributed by atoms with E-state index in [9.17, 15) is 10.1 Å². The number of fused-ring (bicyclic) bond motifs is 3. The first-order valence-corrected chi connectivity index (χ1v) is 7.00. The molecule has 1 aliphatic carbocycles. The summed E-state index contributed by atoms with van der Waals surface area (Å²) in [5.74, 6) is 0.196. The average Bonchev–Trinajstić information content (AvgIpc) is 2.90. The number of carbonyl (C=O) groups excluding carboxylic acids is 1. The van der Waals surface area contributed by atoms with Gasteiger partial charge in [0.2, 0.25) is 0 Å². The first kappa shape index (κ1) is 12.7. The Bertz CT molecular complexity index is 756. The van der Waals surface area contributed by atoms with Crippen LogP contribution in [0.5, 0.6) is 5.75 Å². The van der Waals surface area contributed by atoms with Crippen LogP contribution in [-0.2, 0) is 12.8 Å². The van der Waals surface area contributed by atoms with Gasteiger partial charge in [0.05, 0.1) is 17.6 Å². The molecule has 0 aliphatic heterocycles. The largest absolute Gasteiger partial charge is 0.495 e. The zero-order valence-corrected chi connectivity index (χ0v) is 11.7. The van der Waals surface area contributed by atoms with Crippen molar-refractivity contribution in [2.24, 2.45) is 5.73 Å². The van der Waals surface area contributed by atoms with E-state index in [0.29, 0.717) is 16.2 Å². The van der Waals surface area contributed by atoms with Crippen molar-refractivity contribution in [2.45, 2.75) is 12.8 Å². The Morgan fingerprint density at radius 2 is 2.25 bits per heavy atom. The molecule has 0 saturated carbocycles. The van der Waals surface area contributed by atoms with Crippen LogP contribution in [0.4, 0.5) is 0 Å². The van der Waals surface area contributed by atoms with Crippen LogP contribution in [-0.4, -0.2) is 13.0 Å². The second-order valence-corrected chi connectivity index (χ2v) is 5.66. The number of rotatable bonds is 2. The number of carbonyl (C=O) groups is 1. The molecule has 4 nitrogen and oxygen atoms in total. The molecular formula is C15H12N2O2S. The number of nitrogens with zero attached hydrogens (tertiary/aromatic N) is 1. The van der Waals surface area contributed by atoms with Gasteiger partial charge in [-0.15, -0.1) is 11.3 Å². The monoisotopic (exact) mass is 284 g/mol. The predicted molar refractivity (Wildman–Crippen MR) is 76.9 cm³/mol. The van der Waals surface area contributed by atoms with Gasteiger partial charge in [0.1, 0.15) is 11.8 Å². The minimum atomic E-state index is -0.403. The number of nitriles is 1. The molecule has 0 fully saturated rings. The molecule has 2 aromatic rings. The normalized spacial score (nSPS) is 12.2. The number of aryl methyl sites for hydroxylation is 1. The standard InChI is InChI=1S/C15H12N2O2S/c1-19-12-5-4-10-9(11(12)7-16)3-2-8-6-13(15(17)18)20-14(8)10/h4-6H,2-3H2,1H3,(H2,17,18). The average molecular weight is 284 g/mol. The lowest BCUT2D eigenvalue weighted by atomic mass is 9.88. The van der Waals surface area contributed by atoms with Crippen LogP contribution < -0.4 is 10.5 Å². The van der Waals surface area contributed by atoms with Crippen molar-refractivity contribution < 1.29 is 9.53 Å². The maximum atomic E-state index is 11.3. The molecular weight excluding hydrogens is 272 g/mol. The summed E-state index contributed by atoms with van der Waals surface area (Å²) in [5.41, 5.74) is 9.08. The second kappa shape index (κ2) is 4.66. The molecule has 1 aliphatic rings. The Labute approximate surface area is 120 Å². The molecule has 100 valence electrons. The van der Waals surface area contributed by atoms with Gasteiger partial charge in [0.15, 0.2) is 0 Å². The Morgan fingerprint density at radius 3 is 2.90 bits per heavy atom. The highest BCUT2D eigenvalue weighted by Gasteiger charge is 2.24. The first-order valence-electron chi connectivity index (χ1n) is 6.18. The number of ether oxygens (including phenoxy) is 1. The molecule has 0 bridgehead atoms. The summed E-state index contributed by atoms with van der Waals surface area (Å²) < 4.78 is 5.24. The van der Waals surface area contributed by atoms with Gasteiger partial charge in [-0.2, -0.15) is 5.26 Å². The number of methoxy groups -OCH3 is 1. The Balaban J connectivity index is 2.23. The van der Waals surface area contributed by atoms with E-state index in [1.807, 2.05) is 12.1 Å². The molecule has 0 saturated heterocycles. The van der Waals surface area contributed by atoms with Crippen LogP contribution in [0.3, 0.4) is 0 Å². The molecule has 1 aromatic heterocycles. The predicted octanol–water partition coefficient (Wildman–Crippen LogP) is 2.49. The number of hydrogen-bond acceptors (Lipinski definition) is 4. The van der Waals surface area contributed by atoms with Crippen molar-refractivity contribution in [3.8, 4) is 22.3 Å². The van der Waals surface area contributed by atoms with E-state index in [-0.39, 0.29) is 0 Å². The van der Waals surface area contributed by atoms with Gasteiger partial charge in [-0.3, -0.25) is 4.79 Å². The van der Waals surface area contributed by atoms with Gasteiger partial charge in [-0.05, 0) is 47.7 Å². The third kappa shape index (κ3) is 1.77. The number of thiophene rings is 1. The molecule has 0 atom stereocenters. The third-order valence-corrected chi connectivity index (χ3v) is 4.77. The summed E-state index contributed by atoms with van der Waals surface area (Å²) >= 11 is 1.39. The van der Waals surface area contributed by atoms with Crippen LogP contribution in [0, 0.1) is 11.3 Å². The zero-order valence-electron chi connectivity index (χ0n) is 10.9. The quantitative estimate of drug-likeness (QED) is 0.920. The molecule has 3 rings (SSSR count). The summed E-state index contributed by atoms with van der Waals surface area (Å²) in [7, 11) is 1.56. The molecule has 1 amide bonds. The molecule has 5 heteroatoms. The fourth-order valence-corrected chi connectivity index (χ4v) is 3.73. The highest BCUT2D eigenvalue weighted by Crippen LogP contribution is 2.42. The van der Waals surface area contributed by atoms with Crippen LogP contribution in [0.15, 0.2) is 18.2 Å². The van der Waals surface area contributed by atoms with E-state index in [1.165, 1.54) is 11.3 Å². The summed E-state index contributed by atoms with van der Waals surface area (Å²) in [6, 6.07) is 7.84. The number of primary amides is 1. The summed E-state index contributed by atoms with van der Waals surface area (Å²) in [5, 5.41) is 9.35. The molecule has 0 unspecified atom stereocenters. The fourth-order valence-electron chi connectivity index (χ4n) is 2.61. The lowest BCUT2D eigenvalue weighted by Gasteiger charge is -2.18. The van der Waals surface area contributed by atoms with E-state index >= 15 is 0 Å². The zero-order chi connectivity index (χ0) is 14.3. The Hall–Kier alpha value is -2.32. The van der Waals surface area contributed by atoms with Gasteiger partial charge in [0, 0.05) is 4.88 Å². The van der Waals surface area contributed by atoms with Gasteiger partial charge in [-0.25, -0.2) is 0 Å². The van der Waals surface area contributed by atoms with Crippen LogP contribution in [0.1, 0.15) is 26.4 Å². The molecule has 1 heterocycles. The molecule has 1 aromatic carbocycles. The molecule has 2 N–H and O–H groups in total. The van der Waals surface area contributed by atoms with Gasteiger partial charge < -0.3 is 10.5 Å². The lowest BCUT2D eigenvalue weighted by molar-refractivity contribution is 0.100. The van der Waals surface area contributed by atoms with E-state index in [2.05, 4.69) is 6.07 Å². The summed E-state index contributed by atoms with van der Waals surface area (Å²) in [6.07, 6.45) is 1.59. The van der Waals surface area contributed by atoms with Crippen molar-refractivity contribution in [1.29, 1.82) is 5.26 Å². The van der Waals surface area contributed by atoms with Gasteiger partial charge in [-0.1, -0.05) is 0 Å². The van der Waals surface area contributed by atoms with E-state index in [1.54, 1.807) is 13.2 Å². The fraction of sp³-hybridized carbons (Fsp3) is 0.200. The molecule has 0 spiro atoms. The number of benzene rings is 1. The van der Waals surface area contributed by atoms with Crippen molar-refractivity contribution in [3.05, 3.63) is 39.8 Å². The Morgan fingerprint density at radius 1 is 1.45 bits per heavy atom. The minimum Gasteiger partial charge on any atom is -0.495 e. The second-order valence-electron chi connectivity index (χ2n) is 4.61. The molecule has 0 radical (unpaired) electrons. The minimum absolute atomic E-state index is 0.403. The summed E-state index contributed by atoms with van der Waals surface area (Å²) in [4.78, 5) is 12.9. The summed E-state index contributed by atoms with van der Waals surface area (Å²) in [6.45, 7) is 0. The van der Waals surface area contributed by atoms with Crippen LogP contribution in [0.25, 0.3) is 10.4 Å². The van der Waals surface area contributed by atoms with E-state index < -0.39 is 5.91 Å². The third-order valence-electron chi connectivity index (χ3n) is 3.55. The maximum Gasteiger partial charge on any atom is 0.258 e. The number of hydrogen-bond donors (Lipinski definition) is 1. The van der Waals surface area contributed by atoms with Crippen molar-refractivity contribution in [3.63, 3.8) is 0 Å². The lowest BCUT2D eigenvalue weighted by Crippen LogP contribution is -2.08. The maximum absolute atomic E-state index is 11.3. The van der Waals surface area contributed by atoms with E-state index in [4.69, 9.17) is 10.5 Å². The van der Waals surface area contributed by atoms with Crippen LogP contribution in [0.2, 0.25) is 0 Å². The van der Waals surface area contributed by atoms with E-state index in [0.717, 1.165) is 34.4 Å². The Kier molecular flexibility index (Phi) is 2.96. The van der Waals surface area contributed by atoms with Crippen molar-refractivity contribution >= 4 is 17.2 Å². The highest BCUT2D eigenvalue weighted by molar-refractivity contribution is 7.17. The number of amides is 1. The van der Waals surface area contributed by atoms with Crippen LogP contribution >= 0.6 is 11.3 Å². The highest BCUT2D eigenvalue weighted by atomic mass is 32.1. The SMILES string of the molecule is COc1ccc2c(c1C#N)CCc1cc(C(N)=O)sc1-2. The van der Waals surface area contributed by atoms with Crippen molar-refractivity contribution in [1.82, 2.24) is 0 Å². The topological polar surface area (TPSA) is 76.1 Å².